The number of fused-ring (bicyclic) bond motifs is 1. The Labute approximate surface area is 158 Å². The first kappa shape index (κ1) is 21.2. The highest BCUT2D eigenvalue weighted by Crippen LogP contribution is 2.49. The van der Waals surface area contributed by atoms with Gasteiger partial charge in [-0.3, -0.25) is 4.79 Å². The van der Waals surface area contributed by atoms with Crippen molar-refractivity contribution >= 4 is 5.97 Å². The molecule has 0 spiro atoms. The van der Waals surface area contributed by atoms with Gasteiger partial charge in [0, 0.05) is 12.3 Å². The van der Waals surface area contributed by atoms with Crippen LogP contribution in [-0.4, -0.2) is 33.5 Å². The van der Waals surface area contributed by atoms with Gasteiger partial charge in [0.15, 0.2) is 0 Å². The summed E-state index contributed by atoms with van der Waals surface area (Å²) >= 11 is 0. The molecule has 0 saturated heterocycles. The topological polar surface area (TPSA) is 77.8 Å². The molecule has 2 aliphatic carbocycles. The molecule has 1 fully saturated rings. The molecule has 0 aromatic heterocycles. The van der Waals surface area contributed by atoms with Crippen LogP contribution in [0.2, 0.25) is 0 Å². The Morgan fingerprint density at radius 3 is 2.73 bits per heavy atom. The van der Waals surface area contributed by atoms with Crippen LogP contribution in [0.4, 0.5) is 0 Å². The van der Waals surface area contributed by atoms with E-state index in [1.807, 2.05) is 0 Å². The van der Waals surface area contributed by atoms with E-state index in [-0.39, 0.29) is 12.3 Å². The maximum atomic E-state index is 10.7. The number of aliphatic hydroxyl groups is 2. The van der Waals surface area contributed by atoms with Crippen LogP contribution >= 0.6 is 0 Å². The zero-order chi connectivity index (χ0) is 19.1. The number of unbranched alkanes of at least 4 members (excludes halogenated alkanes) is 2. The lowest BCUT2D eigenvalue weighted by molar-refractivity contribution is -0.137. The molecule has 1 saturated carbocycles. The van der Waals surface area contributed by atoms with E-state index in [1.165, 1.54) is 11.1 Å². The van der Waals surface area contributed by atoms with Gasteiger partial charge in [-0.2, -0.15) is 0 Å². The summed E-state index contributed by atoms with van der Waals surface area (Å²) in [5, 5.41) is 29.9. The third-order valence-electron chi connectivity index (χ3n) is 6.21. The van der Waals surface area contributed by atoms with Gasteiger partial charge in [-0.05, 0) is 69.6 Å². The van der Waals surface area contributed by atoms with E-state index in [9.17, 15) is 15.0 Å². The van der Waals surface area contributed by atoms with Crippen LogP contribution in [0.25, 0.3) is 0 Å². The van der Waals surface area contributed by atoms with Gasteiger partial charge in [0.1, 0.15) is 0 Å². The first-order valence-electron chi connectivity index (χ1n) is 10.4. The smallest absolute Gasteiger partial charge is 0.303 e. The second-order valence-electron chi connectivity index (χ2n) is 8.30. The summed E-state index contributed by atoms with van der Waals surface area (Å²) in [6.45, 7) is 6.29. The van der Waals surface area contributed by atoms with Crippen molar-refractivity contribution in [2.75, 3.05) is 0 Å². The summed E-state index contributed by atoms with van der Waals surface area (Å²) < 4.78 is 0. The predicted octanol–water partition coefficient (Wildman–Crippen LogP) is 4.46. The van der Waals surface area contributed by atoms with Crippen molar-refractivity contribution < 1.29 is 20.1 Å². The average Bonchev–Trinajstić information content (AvgIpc) is 3.10. The molecule has 0 amide bonds. The van der Waals surface area contributed by atoms with Gasteiger partial charge in [-0.15, -0.1) is 0 Å². The number of aliphatic carboxylic acids is 1. The Hall–Kier alpha value is -1.13. The number of aliphatic hydroxyl groups excluding tert-OH is 2. The second-order valence-corrected chi connectivity index (χ2v) is 8.30. The molecule has 0 radical (unpaired) electrons. The van der Waals surface area contributed by atoms with Crippen molar-refractivity contribution in [1.82, 2.24) is 0 Å². The van der Waals surface area contributed by atoms with Gasteiger partial charge >= 0.3 is 5.97 Å². The standard InChI is InChI=1S/C22H36O4/c1-3-4-7-15(2)10-11-19(23)22-18-13-16(8-5-6-9-21(25)26)12-17(18)14-20(22)24/h12,17-20,22-24H,2-11,13-14H2,1H3,(H,25,26)/t17-,18-,19+,20+,22-/m1/s1. The Morgan fingerprint density at radius 1 is 1.27 bits per heavy atom. The minimum Gasteiger partial charge on any atom is -0.481 e. The van der Waals surface area contributed by atoms with E-state index in [2.05, 4.69) is 19.6 Å². The summed E-state index contributed by atoms with van der Waals surface area (Å²) in [5.41, 5.74) is 2.60. The first-order valence-corrected chi connectivity index (χ1v) is 10.4. The third-order valence-corrected chi connectivity index (χ3v) is 6.21. The normalized spacial score (nSPS) is 28.7. The molecule has 5 atom stereocenters. The number of carbonyl (C=O) groups is 1. The van der Waals surface area contributed by atoms with Gasteiger partial charge in [0.2, 0.25) is 0 Å². The van der Waals surface area contributed by atoms with Crippen molar-refractivity contribution in [3.05, 3.63) is 23.8 Å². The fourth-order valence-electron chi connectivity index (χ4n) is 4.79. The molecule has 0 aliphatic heterocycles. The SMILES string of the molecule is C=C(CCCC)CC[C@H](O)[C@H]1[C@@H]2CC(CCCCC(=O)O)=C[C@@H]2C[C@@H]1O. The molecular weight excluding hydrogens is 328 g/mol. The number of carboxylic acid groups (broad SMARTS) is 1. The van der Waals surface area contributed by atoms with Crippen molar-refractivity contribution in [2.24, 2.45) is 17.8 Å². The number of rotatable bonds is 12. The molecule has 0 unspecified atom stereocenters. The number of hydrogen-bond donors (Lipinski definition) is 3. The van der Waals surface area contributed by atoms with E-state index in [0.29, 0.717) is 18.3 Å². The van der Waals surface area contributed by atoms with Crippen LogP contribution in [0.1, 0.15) is 77.6 Å². The molecule has 148 valence electrons. The van der Waals surface area contributed by atoms with Crippen LogP contribution in [0.5, 0.6) is 0 Å². The molecule has 4 nitrogen and oxygen atoms in total. The lowest BCUT2D eigenvalue weighted by Gasteiger charge is -2.27. The van der Waals surface area contributed by atoms with E-state index < -0.39 is 18.2 Å². The highest BCUT2D eigenvalue weighted by molar-refractivity contribution is 5.66. The lowest BCUT2D eigenvalue weighted by Crippen LogP contribution is -2.32. The maximum absolute atomic E-state index is 10.7. The van der Waals surface area contributed by atoms with Crippen LogP contribution in [0.3, 0.4) is 0 Å². The van der Waals surface area contributed by atoms with E-state index in [1.54, 1.807) is 0 Å². The molecule has 4 heteroatoms. The van der Waals surface area contributed by atoms with Crippen molar-refractivity contribution in [3.63, 3.8) is 0 Å². The van der Waals surface area contributed by atoms with Crippen molar-refractivity contribution in [2.45, 2.75) is 89.8 Å². The summed E-state index contributed by atoms with van der Waals surface area (Å²) in [4.78, 5) is 10.6. The lowest BCUT2D eigenvalue weighted by atomic mass is 9.83. The minimum atomic E-state index is -0.728. The molecule has 3 N–H and O–H groups in total. The van der Waals surface area contributed by atoms with Gasteiger partial charge in [0.25, 0.3) is 0 Å². The Kier molecular flexibility index (Phi) is 8.36. The summed E-state index contributed by atoms with van der Waals surface area (Å²) in [5.74, 6) is -0.0401. The van der Waals surface area contributed by atoms with Gasteiger partial charge in [-0.25, -0.2) is 0 Å². The average molecular weight is 365 g/mol. The first-order chi connectivity index (χ1) is 12.4. The largest absolute Gasteiger partial charge is 0.481 e. The second kappa shape index (κ2) is 10.3. The van der Waals surface area contributed by atoms with E-state index in [0.717, 1.165) is 57.8 Å². The van der Waals surface area contributed by atoms with Gasteiger partial charge in [-0.1, -0.05) is 37.1 Å². The maximum Gasteiger partial charge on any atom is 0.303 e. The molecule has 0 heterocycles. The van der Waals surface area contributed by atoms with E-state index in [4.69, 9.17) is 5.11 Å². The number of hydrogen-bond acceptors (Lipinski definition) is 3. The fourth-order valence-corrected chi connectivity index (χ4v) is 4.79. The van der Waals surface area contributed by atoms with Crippen LogP contribution in [0, 0.1) is 17.8 Å². The van der Waals surface area contributed by atoms with Crippen LogP contribution < -0.4 is 0 Å². The molecular formula is C22H36O4. The zero-order valence-corrected chi connectivity index (χ0v) is 16.2. The number of carboxylic acids is 1. The molecule has 0 aromatic carbocycles. The molecule has 0 bridgehead atoms. The third kappa shape index (κ3) is 5.95. The monoisotopic (exact) mass is 364 g/mol. The van der Waals surface area contributed by atoms with Crippen LogP contribution in [0.15, 0.2) is 23.8 Å². The summed E-state index contributed by atoms with van der Waals surface area (Å²) in [6, 6.07) is 0. The molecule has 2 aliphatic rings. The van der Waals surface area contributed by atoms with E-state index >= 15 is 0 Å². The fraction of sp³-hybridized carbons (Fsp3) is 0.773. The summed E-state index contributed by atoms with van der Waals surface area (Å²) in [7, 11) is 0. The molecule has 26 heavy (non-hydrogen) atoms. The van der Waals surface area contributed by atoms with Crippen molar-refractivity contribution in [3.8, 4) is 0 Å². The molecule has 2 rings (SSSR count). The number of allylic oxidation sites excluding steroid dienone is 3. The van der Waals surface area contributed by atoms with Crippen molar-refractivity contribution in [1.29, 1.82) is 0 Å². The predicted molar refractivity (Wildman–Crippen MR) is 104 cm³/mol. The molecule has 0 aromatic rings. The van der Waals surface area contributed by atoms with Gasteiger partial charge in [0.05, 0.1) is 12.2 Å². The Bertz CT molecular complexity index is 510. The van der Waals surface area contributed by atoms with Crippen LogP contribution in [-0.2, 0) is 4.79 Å². The Balaban J connectivity index is 1.79. The highest BCUT2D eigenvalue weighted by Gasteiger charge is 2.47. The quantitative estimate of drug-likeness (QED) is 0.353. The highest BCUT2D eigenvalue weighted by atomic mass is 16.4. The van der Waals surface area contributed by atoms with Gasteiger partial charge < -0.3 is 15.3 Å². The summed E-state index contributed by atoms with van der Waals surface area (Å²) in [6.07, 6.45) is 10.8. The zero-order valence-electron chi connectivity index (χ0n) is 16.2. The Morgan fingerprint density at radius 2 is 2.04 bits per heavy atom. The minimum absolute atomic E-state index is 0.0354.